The van der Waals surface area contributed by atoms with Crippen molar-refractivity contribution in [1.82, 2.24) is 5.32 Å². The highest BCUT2D eigenvalue weighted by molar-refractivity contribution is 6.32. The van der Waals surface area contributed by atoms with Gasteiger partial charge < -0.3 is 14.8 Å². The summed E-state index contributed by atoms with van der Waals surface area (Å²) in [5.41, 5.74) is 0. The highest BCUT2D eigenvalue weighted by Gasteiger charge is 2.07. The van der Waals surface area contributed by atoms with E-state index in [0.717, 1.165) is 26.0 Å². The molecule has 0 amide bonds. The number of rotatable bonds is 10. The lowest BCUT2D eigenvalue weighted by atomic mass is 10.3. The van der Waals surface area contributed by atoms with Crippen molar-refractivity contribution in [2.45, 2.75) is 19.8 Å². The molecule has 0 unspecified atom stereocenters. The van der Waals surface area contributed by atoms with Gasteiger partial charge >= 0.3 is 0 Å². The maximum Gasteiger partial charge on any atom is 0.173 e. The Balaban J connectivity index is 2.05. The topological polar surface area (TPSA) is 30.5 Å². The second-order valence-corrected chi connectivity index (χ2v) is 4.52. The smallest absolute Gasteiger partial charge is 0.173 e. The quantitative estimate of drug-likeness (QED) is 0.671. The van der Waals surface area contributed by atoms with E-state index in [9.17, 15) is 4.39 Å². The van der Waals surface area contributed by atoms with E-state index in [1.54, 1.807) is 12.1 Å². The summed E-state index contributed by atoms with van der Waals surface area (Å²) < 4.78 is 24.0. The van der Waals surface area contributed by atoms with Crippen molar-refractivity contribution in [1.29, 1.82) is 0 Å². The first-order valence-corrected chi connectivity index (χ1v) is 6.98. The lowest BCUT2D eigenvalue weighted by Gasteiger charge is -2.09. The van der Waals surface area contributed by atoms with E-state index in [-0.39, 0.29) is 5.75 Å². The maximum absolute atomic E-state index is 13.3. The Kier molecular flexibility index (Phi) is 8.54. The largest absolute Gasteiger partial charge is 0.488 e. The summed E-state index contributed by atoms with van der Waals surface area (Å²) in [5.74, 6) is -0.319. The van der Waals surface area contributed by atoms with Crippen LogP contribution in [0.1, 0.15) is 19.8 Å². The fourth-order valence-electron chi connectivity index (χ4n) is 1.46. The maximum atomic E-state index is 13.3. The molecule has 0 fully saturated rings. The van der Waals surface area contributed by atoms with Crippen LogP contribution in [0.3, 0.4) is 0 Å². The summed E-state index contributed by atoms with van der Waals surface area (Å²) in [6, 6.07) is 4.49. The van der Waals surface area contributed by atoms with Crippen LogP contribution in [-0.2, 0) is 4.74 Å². The molecule has 0 bridgehead atoms. The Hall–Kier alpha value is -0.840. The molecule has 0 spiro atoms. The molecule has 0 saturated carbocycles. The first-order chi connectivity index (χ1) is 9.25. The second-order valence-electron chi connectivity index (χ2n) is 4.12. The van der Waals surface area contributed by atoms with Crippen molar-refractivity contribution in [3.63, 3.8) is 0 Å². The Morgan fingerprint density at radius 3 is 2.74 bits per heavy atom. The molecular weight excluding hydrogens is 269 g/mol. The molecule has 0 aliphatic carbocycles. The second kappa shape index (κ2) is 10.0. The van der Waals surface area contributed by atoms with Gasteiger partial charge in [-0.2, -0.15) is 0 Å². The third-order valence-electron chi connectivity index (χ3n) is 2.51. The SMILES string of the molecule is CCCCOCCNCCOc1c(F)cccc1Cl. The van der Waals surface area contributed by atoms with Crippen molar-refractivity contribution >= 4 is 11.6 Å². The molecule has 0 radical (unpaired) electrons. The number of benzene rings is 1. The Morgan fingerprint density at radius 1 is 1.21 bits per heavy atom. The molecule has 0 aliphatic rings. The summed E-state index contributed by atoms with van der Waals surface area (Å²) in [6.45, 7) is 5.38. The molecule has 0 atom stereocenters. The summed E-state index contributed by atoms with van der Waals surface area (Å²) in [6.07, 6.45) is 2.24. The zero-order valence-corrected chi connectivity index (χ0v) is 12.0. The zero-order chi connectivity index (χ0) is 13.9. The Morgan fingerprint density at radius 2 is 2.00 bits per heavy atom. The average molecular weight is 290 g/mol. The summed E-state index contributed by atoms with van der Waals surface area (Å²) in [5, 5.41) is 3.45. The van der Waals surface area contributed by atoms with Gasteiger partial charge in [-0.15, -0.1) is 0 Å². The number of nitrogens with one attached hydrogen (secondary N) is 1. The number of unbranched alkanes of at least 4 members (excludes halogenated alkanes) is 1. The van der Waals surface area contributed by atoms with Crippen molar-refractivity contribution < 1.29 is 13.9 Å². The minimum absolute atomic E-state index is 0.116. The first kappa shape index (κ1) is 16.2. The van der Waals surface area contributed by atoms with Crippen LogP contribution in [0.25, 0.3) is 0 Å². The fraction of sp³-hybridized carbons (Fsp3) is 0.571. The average Bonchev–Trinajstić information content (AvgIpc) is 2.40. The van der Waals surface area contributed by atoms with Crippen LogP contribution in [0.15, 0.2) is 18.2 Å². The van der Waals surface area contributed by atoms with Gasteiger partial charge in [0.1, 0.15) is 6.61 Å². The third-order valence-corrected chi connectivity index (χ3v) is 2.81. The molecule has 0 aromatic heterocycles. The van der Waals surface area contributed by atoms with E-state index in [1.807, 2.05) is 0 Å². The van der Waals surface area contributed by atoms with Crippen molar-refractivity contribution in [3.05, 3.63) is 29.0 Å². The van der Waals surface area contributed by atoms with Crippen molar-refractivity contribution in [3.8, 4) is 5.75 Å². The van der Waals surface area contributed by atoms with Crippen molar-refractivity contribution in [2.24, 2.45) is 0 Å². The van der Waals surface area contributed by atoms with Gasteiger partial charge in [-0.05, 0) is 18.6 Å². The van der Waals surface area contributed by atoms with Crippen LogP contribution < -0.4 is 10.1 Å². The van der Waals surface area contributed by atoms with Gasteiger partial charge in [0.25, 0.3) is 0 Å². The van der Waals surface area contributed by atoms with Gasteiger partial charge in [0.15, 0.2) is 11.6 Å². The van der Waals surface area contributed by atoms with Crippen LogP contribution in [0.5, 0.6) is 5.75 Å². The van der Waals surface area contributed by atoms with Crippen LogP contribution in [-0.4, -0.2) is 32.9 Å². The standard InChI is InChI=1S/C14H21ClFNO2/c1-2-3-9-18-10-7-17-8-11-19-14-12(15)5-4-6-13(14)16/h4-6,17H,2-3,7-11H2,1H3. The molecular formula is C14H21ClFNO2. The molecule has 1 aromatic rings. The van der Waals surface area contributed by atoms with Crippen LogP contribution >= 0.6 is 11.6 Å². The molecule has 5 heteroatoms. The molecule has 1 rings (SSSR count). The monoisotopic (exact) mass is 289 g/mol. The number of ether oxygens (including phenoxy) is 2. The lowest BCUT2D eigenvalue weighted by molar-refractivity contribution is 0.132. The summed E-state index contributed by atoms with van der Waals surface area (Å²) >= 11 is 5.84. The third kappa shape index (κ3) is 6.76. The fourth-order valence-corrected chi connectivity index (χ4v) is 1.68. The molecule has 1 N–H and O–H groups in total. The lowest BCUT2D eigenvalue weighted by Crippen LogP contribution is -2.25. The summed E-state index contributed by atoms with van der Waals surface area (Å²) in [7, 11) is 0. The van der Waals surface area contributed by atoms with Gasteiger partial charge in [0.05, 0.1) is 11.6 Å². The van der Waals surface area contributed by atoms with E-state index in [0.29, 0.717) is 24.8 Å². The van der Waals surface area contributed by atoms with E-state index >= 15 is 0 Å². The Labute approximate surface area is 119 Å². The molecule has 19 heavy (non-hydrogen) atoms. The van der Waals surface area contributed by atoms with Gasteiger partial charge in [-0.3, -0.25) is 0 Å². The van der Waals surface area contributed by atoms with Crippen molar-refractivity contribution in [2.75, 3.05) is 32.9 Å². The molecule has 0 aliphatic heterocycles. The first-order valence-electron chi connectivity index (χ1n) is 6.61. The molecule has 108 valence electrons. The summed E-state index contributed by atoms with van der Waals surface area (Å²) in [4.78, 5) is 0. The highest BCUT2D eigenvalue weighted by atomic mass is 35.5. The number of halogens is 2. The number of para-hydroxylation sites is 1. The van der Waals surface area contributed by atoms with E-state index in [1.165, 1.54) is 6.07 Å². The zero-order valence-electron chi connectivity index (χ0n) is 11.3. The predicted molar refractivity (Wildman–Crippen MR) is 75.5 cm³/mol. The molecule has 3 nitrogen and oxygen atoms in total. The van der Waals surface area contributed by atoms with Crippen LogP contribution in [0.4, 0.5) is 4.39 Å². The molecule has 1 aromatic carbocycles. The number of hydrogen-bond donors (Lipinski definition) is 1. The molecule has 0 heterocycles. The van der Waals surface area contributed by atoms with Gasteiger partial charge in [0, 0.05) is 19.7 Å². The van der Waals surface area contributed by atoms with Crippen LogP contribution in [0.2, 0.25) is 5.02 Å². The van der Waals surface area contributed by atoms with Crippen LogP contribution in [0, 0.1) is 5.82 Å². The van der Waals surface area contributed by atoms with E-state index < -0.39 is 5.82 Å². The highest BCUT2D eigenvalue weighted by Crippen LogP contribution is 2.26. The Bertz CT molecular complexity index is 343. The minimum atomic E-state index is -0.435. The van der Waals surface area contributed by atoms with Gasteiger partial charge in [0.2, 0.25) is 0 Å². The van der Waals surface area contributed by atoms with Gasteiger partial charge in [-0.1, -0.05) is 31.0 Å². The number of hydrogen-bond acceptors (Lipinski definition) is 3. The van der Waals surface area contributed by atoms with E-state index in [4.69, 9.17) is 21.1 Å². The molecule has 0 saturated heterocycles. The van der Waals surface area contributed by atoms with Gasteiger partial charge in [-0.25, -0.2) is 4.39 Å². The predicted octanol–water partition coefficient (Wildman–Crippen LogP) is 3.26. The minimum Gasteiger partial charge on any atom is -0.488 e. The van der Waals surface area contributed by atoms with E-state index in [2.05, 4.69) is 12.2 Å². The normalized spacial score (nSPS) is 10.7.